The lowest BCUT2D eigenvalue weighted by molar-refractivity contribution is 0.0110. The minimum absolute atomic E-state index is 0.0384. The van der Waals surface area contributed by atoms with E-state index in [9.17, 15) is 9.90 Å². The van der Waals surface area contributed by atoms with Gasteiger partial charge in [-0.1, -0.05) is 84.0 Å². The fraction of sp³-hybridized carbons (Fsp3) is 0.286. The second-order valence-electron chi connectivity index (χ2n) is 10.4. The summed E-state index contributed by atoms with van der Waals surface area (Å²) in [6.45, 7) is 6.67. The average Bonchev–Trinajstić information content (AvgIpc) is 3.04. The number of rotatable bonds is 15. The highest BCUT2D eigenvalue weighted by Crippen LogP contribution is 2.35. The number of hydrogen-bond acceptors (Lipinski definition) is 8. The Balaban J connectivity index is 1.60. The van der Waals surface area contributed by atoms with Crippen LogP contribution in [0, 0.1) is 5.53 Å². The summed E-state index contributed by atoms with van der Waals surface area (Å²) in [7, 11) is 0. The van der Waals surface area contributed by atoms with Gasteiger partial charge in [-0.15, -0.1) is 0 Å². The summed E-state index contributed by atoms with van der Waals surface area (Å²) in [5, 5.41) is 17.4. The van der Waals surface area contributed by atoms with E-state index in [1.54, 1.807) is 24.3 Å². The molecule has 0 aliphatic heterocycles. The fourth-order valence-corrected chi connectivity index (χ4v) is 4.67. The Bertz CT molecular complexity index is 1470. The van der Waals surface area contributed by atoms with E-state index in [1.165, 1.54) is 0 Å². The predicted molar refractivity (Wildman–Crippen MR) is 167 cm³/mol. The minimum Gasteiger partial charge on any atom is -0.490 e. The molecule has 3 unspecified atom stereocenters. The third kappa shape index (κ3) is 9.39. The van der Waals surface area contributed by atoms with Crippen molar-refractivity contribution in [2.75, 3.05) is 6.61 Å². The first kappa shape index (κ1) is 32.2. The topological polar surface area (TPSA) is 122 Å². The summed E-state index contributed by atoms with van der Waals surface area (Å²) in [5.74, 6) is 1.66. The molecule has 44 heavy (non-hydrogen) atoms. The van der Waals surface area contributed by atoms with Gasteiger partial charge in [-0.05, 0) is 61.7 Å². The molecule has 0 bridgehead atoms. The lowest BCUT2D eigenvalue weighted by atomic mass is 10.0. The summed E-state index contributed by atoms with van der Waals surface area (Å²) in [5.41, 5.74) is 10.4. The maximum absolute atomic E-state index is 11.9. The molecule has 4 aromatic rings. The van der Waals surface area contributed by atoms with E-state index < -0.39 is 24.5 Å². The number of carbonyl (C=O) groups is 1. The minimum atomic E-state index is -1.08. The normalized spacial score (nSPS) is 13.0. The molecule has 3 N–H and O–H groups in total. The lowest BCUT2D eigenvalue weighted by Gasteiger charge is -2.27. The van der Waals surface area contributed by atoms with Gasteiger partial charge in [0.2, 0.25) is 0 Å². The van der Waals surface area contributed by atoms with Crippen LogP contribution in [0.25, 0.3) is 0 Å². The van der Waals surface area contributed by atoms with Gasteiger partial charge in [0.25, 0.3) is 0 Å². The first-order valence-corrected chi connectivity index (χ1v) is 14.6. The Morgan fingerprint density at radius 3 is 2.09 bits per heavy atom. The second-order valence-corrected chi connectivity index (χ2v) is 10.4. The molecule has 0 spiro atoms. The van der Waals surface area contributed by atoms with Crippen molar-refractivity contribution in [1.29, 1.82) is 5.53 Å². The molecule has 0 aliphatic rings. The fourth-order valence-electron chi connectivity index (χ4n) is 4.67. The number of benzene rings is 4. The predicted octanol–water partition coefficient (Wildman–Crippen LogP) is 7.55. The highest BCUT2D eigenvalue weighted by molar-refractivity contribution is 5.67. The van der Waals surface area contributed by atoms with E-state index in [0.717, 1.165) is 11.1 Å². The highest BCUT2D eigenvalue weighted by Gasteiger charge is 2.26. The molecule has 0 fully saturated rings. The highest BCUT2D eigenvalue weighted by atomic mass is 16.6. The molecule has 9 nitrogen and oxygen atoms in total. The van der Waals surface area contributed by atoms with Crippen molar-refractivity contribution in [1.82, 2.24) is 5.32 Å². The maximum Gasteiger partial charge on any atom is 0.452 e. The van der Waals surface area contributed by atoms with Crippen molar-refractivity contribution in [2.24, 2.45) is 5.11 Å². The van der Waals surface area contributed by atoms with Gasteiger partial charge >= 0.3 is 6.09 Å². The van der Waals surface area contributed by atoms with Crippen LogP contribution < -0.4 is 19.5 Å². The molecule has 9 heteroatoms. The number of ether oxygens (including phenoxy) is 4. The zero-order valence-electron chi connectivity index (χ0n) is 25.2. The van der Waals surface area contributed by atoms with Crippen LogP contribution in [-0.2, 0) is 17.7 Å². The van der Waals surface area contributed by atoms with Crippen LogP contribution >= 0.6 is 0 Å². The zero-order valence-corrected chi connectivity index (χ0v) is 25.2. The Morgan fingerprint density at radius 1 is 0.841 bits per heavy atom. The van der Waals surface area contributed by atoms with Crippen LogP contribution in [0.5, 0.6) is 17.2 Å². The third-order valence-electron chi connectivity index (χ3n) is 6.72. The van der Waals surface area contributed by atoms with Crippen molar-refractivity contribution < 1.29 is 28.8 Å². The number of nitrogens with zero attached hydrogens (tertiary/aromatic N) is 1. The smallest absolute Gasteiger partial charge is 0.452 e. The van der Waals surface area contributed by atoms with Crippen LogP contribution in [-0.4, -0.2) is 30.1 Å². The standard InChI is InChI=1S/C35H39N3O6/c1-4-41-32-22-28(17-20-30(32)42-24(2)3)33(34(39)37-23-26-13-9-6-10-14-26)43-29-18-15-27(16-19-29)31(44-35(40)38-36)21-25-11-7-5-8-12-25/h5-20,22,24,31,33-34,36-37,39H,4,21,23H2,1-3H3. The van der Waals surface area contributed by atoms with E-state index in [-0.39, 0.29) is 6.10 Å². The third-order valence-corrected chi connectivity index (χ3v) is 6.72. The van der Waals surface area contributed by atoms with Crippen LogP contribution in [0.2, 0.25) is 0 Å². The van der Waals surface area contributed by atoms with Gasteiger partial charge in [0.05, 0.1) is 12.7 Å². The Labute approximate surface area is 258 Å². The SMILES string of the molecule is CCOc1cc(C(Oc2ccc(C(Cc3ccccc3)OC(=O)N=N)cc2)C(O)NCc2ccccc2)ccc1OC(C)C. The van der Waals surface area contributed by atoms with Gasteiger partial charge in [-0.25, -0.2) is 4.79 Å². The number of nitrogens with one attached hydrogen (secondary N) is 2. The second kappa shape index (κ2) is 16.2. The molecule has 0 heterocycles. The number of aliphatic hydroxyl groups is 1. The Hall–Kier alpha value is -4.73. The molecular weight excluding hydrogens is 558 g/mol. The van der Waals surface area contributed by atoms with E-state index in [4.69, 9.17) is 24.5 Å². The molecule has 0 radical (unpaired) electrons. The van der Waals surface area contributed by atoms with E-state index in [0.29, 0.717) is 47.9 Å². The number of aliphatic hydroxyl groups excluding tert-OH is 1. The van der Waals surface area contributed by atoms with E-state index in [1.807, 2.05) is 99.6 Å². The number of carbonyl (C=O) groups excluding carboxylic acids is 1. The van der Waals surface area contributed by atoms with Crippen molar-refractivity contribution in [3.8, 4) is 17.2 Å². The number of amides is 1. The maximum atomic E-state index is 11.9. The molecule has 0 saturated carbocycles. The first-order valence-electron chi connectivity index (χ1n) is 14.6. The van der Waals surface area contributed by atoms with Crippen LogP contribution in [0.4, 0.5) is 4.79 Å². The molecule has 3 atom stereocenters. The van der Waals surface area contributed by atoms with Gasteiger partial charge in [0.1, 0.15) is 18.1 Å². The summed E-state index contributed by atoms with van der Waals surface area (Å²) in [4.78, 5) is 11.9. The monoisotopic (exact) mass is 597 g/mol. The lowest BCUT2D eigenvalue weighted by Crippen LogP contribution is -2.37. The van der Waals surface area contributed by atoms with Crippen LogP contribution in [0.1, 0.15) is 55.2 Å². The van der Waals surface area contributed by atoms with Gasteiger partial charge in [0, 0.05) is 18.5 Å². The molecule has 1 amide bonds. The summed E-state index contributed by atoms with van der Waals surface area (Å²) >= 11 is 0. The van der Waals surface area contributed by atoms with Crippen molar-refractivity contribution >= 4 is 6.09 Å². The summed E-state index contributed by atoms with van der Waals surface area (Å²) < 4.78 is 23.7. The summed E-state index contributed by atoms with van der Waals surface area (Å²) in [6.07, 6.45) is -3.12. The van der Waals surface area contributed by atoms with Crippen molar-refractivity contribution in [3.63, 3.8) is 0 Å². The first-order chi connectivity index (χ1) is 21.4. The van der Waals surface area contributed by atoms with Crippen LogP contribution in [0.3, 0.4) is 0 Å². The average molecular weight is 598 g/mol. The number of hydrogen-bond donors (Lipinski definition) is 3. The van der Waals surface area contributed by atoms with Crippen LogP contribution in [0.15, 0.2) is 108 Å². The molecule has 4 aromatic carbocycles. The zero-order chi connectivity index (χ0) is 31.3. The Morgan fingerprint density at radius 2 is 1.48 bits per heavy atom. The summed E-state index contributed by atoms with van der Waals surface area (Å²) in [6, 6.07) is 32.0. The molecule has 0 aliphatic carbocycles. The van der Waals surface area contributed by atoms with Gasteiger partial charge in [-0.2, -0.15) is 5.53 Å². The van der Waals surface area contributed by atoms with Crippen molar-refractivity contribution in [2.45, 2.75) is 58.3 Å². The van der Waals surface area contributed by atoms with Gasteiger partial charge in [-0.3, -0.25) is 5.32 Å². The molecule has 0 aromatic heterocycles. The van der Waals surface area contributed by atoms with Crippen molar-refractivity contribution in [3.05, 3.63) is 125 Å². The molecule has 4 rings (SSSR count). The molecule has 230 valence electrons. The van der Waals surface area contributed by atoms with E-state index in [2.05, 4.69) is 10.4 Å². The molecular formula is C35H39N3O6. The Kier molecular flexibility index (Phi) is 11.9. The van der Waals surface area contributed by atoms with Gasteiger partial charge in [0.15, 0.2) is 17.6 Å². The molecule has 0 saturated heterocycles. The van der Waals surface area contributed by atoms with Gasteiger partial charge < -0.3 is 24.1 Å². The van der Waals surface area contributed by atoms with E-state index >= 15 is 0 Å². The largest absolute Gasteiger partial charge is 0.490 e. The quantitative estimate of drug-likeness (QED) is 0.0955.